The first kappa shape index (κ1) is 16.3. The molecule has 0 aromatic heterocycles. The molecule has 0 aromatic carbocycles. The molecule has 0 aromatic rings. The van der Waals surface area contributed by atoms with Crippen LogP contribution in [0.15, 0.2) is 0 Å². The standard InChI is InChI=1S/C17H34N2O/c1-5-18-12-17(8-6-7-14(2)9-17)13-19-10-15(3)20-16(4)11-19/h14-16,18H,5-13H2,1-4H3. The van der Waals surface area contributed by atoms with E-state index in [-0.39, 0.29) is 0 Å². The monoisotopic (exact) mass is 282 g/mol. The highest BCUT2D eigenvalue weighted by Crippen LogP contribution is 2.40. The van der Waals surface area contributed by atoms with Gasteiger partial charge in [0.2, 0.25) is 0 Å². The second-order valence-corrected chi connectivity index (χ2v) is 7.43. The molecular formula is C17H34N2O. The summed E-state index contributed by atoms with van der Waals surface area (Å²) in [5.41, 5.74) is 0.491. The van der Waals surface area contributed by atoms with E-state index in [9.17, 15) is 0 Å². The lowest BCUT2D eigenvalue weighted by molar-refractivity contribution is -0.0817. The minimum absolute atomic E-state index is 0.385. The van der Waals surface area contributed by atoms with Gasteiger partial charge in [-0.1, -0.05) is 26.7 Å². The number of hydrogen-bond donors (Lipinski definition) is 1. The predicted octanol–water partition coefficient (Wildman–Crippen LogP) is 2.90. The summed E-state index contributed by atoms with van der Waals surface area (Å²) in [6.07, 6.45) is 6.38. The van der Waals surface area contributed by atoms with Crippen LogP contribution in [0.1, 0.15) is 53.4 Å². The summed E-state index contributed by atoms with van der Waals surface area (Å²) in [7, 11) is 0. The number of nitrogens with one attached hydrogen (secondary N) is 1. The van der Waals surface area contributed by atoms with Crippen LogP contribution in [0.4, 0.5) is 0 Å². The van der Waals surface area contributed by atoms with E-state index in [0.717, 1.165) is 25.6 Å². The van der Waals surface area contributed by atoms with Crippen molar-refractivity contribution < 1.29 is 4.74 Å². The highest BCUT2D eigenvalue weighted by molar-refractivity contribution is 4.91. The molecule has 118 valence electrons. The molecule has 3 heteroatoms. The fourth-order valence-electron chi connectivity index (χ4n) is 4.41. The average Bonchev–Trinajstić information content (AvgIpc) is 2.35. The van der Waals surface area contributed by atoms with Crippen molar-refractivity contribution in [2.24, 2.45) is 11.3 Å². The molecule has 4 atom stereocenters. The second kappa shape index (κ2) is 7.24. The van der Waals surface area contributed by atoms with Gasteiger partial charge in [-0.2, -0.15) is 0 Å². The molecule has 1 N–H and O–H groups in total. The fraction of sp³-hybridized carbons (Fsp3) is 1.00. The summed E-state index contributed by atoms with van der Waals surface area (Å²) < 4.78 is 5.88. The van der Waals surface area contributed by atoms with Crippen molar-refractivity contribution in [3.8, 4) is 0 Å². The molecule has 2 aliphatic rings. The summed E-state index contributed by atoms with van der Waals surface area (Å²) in [6, 6.07) is 0. The Morgan fingerprint density at radius 2 is 1.90 bits per heavy atom. The zero-order chi connectivity index (χ0) is 14.6. The van der Waals surface area contributed by atoms with Crippen molar-refractivity contribution in [2.75, 3.05) is 32.7 Å². The van der Waals surface area contributed by atoms with Crippen LogP contribution in [-0.4, -0.2) is 49.8 Å². The molecule has 1 aliphatic carbocycles. The second-order valence-electron chi connectivity index (χ2n) is 7.43. The van der Waals surface area contributed by atoms with Crippen LogP contribution < -0.4 is 5.32 Å². The Labute approximate surface area is 125 Å². The molecule has 3 nitrogen and oxygen atoms in total. The van der Waals surface area contributed by atoms with Gasteiger partial charge in [0.1, 0.15) is 0 Å². The van der Waals surface area contributed by atoms with Gasteiger partial charge in [0.05, 0.1) is 12.2 Å². The molecule has 20 heavy (non-hydrogen) atoms. The first-order valence-corrected chi connectivity index (χ1v) is 8.61. The Bertz CT molecular complexity index is 287. The minimum Gasteiger partial charge on any atom is -0.373 e. The van der Waals surface area contributed by atoms with Crippen molar-refractivity contribution in [1.29, 1.82) is 0 Å². The van der Waals surface area contributed by atoms with E-state index in [0.29, 0.717) is 17.6 Å². The van der Waals surface area contributed by atoms with E-state index < -0.39 is 0 Å². The van der Waals surface area contributed by atoms with Gasteiger partial charge in [-0.05, 0) is 44.6 Å². The quantitative estimate of drug-likeness (QED) is 0.839. The van der Waals surface area contributed by atoms with Crippen molar-refractivity contribution in [3.05, 3.63) is 0 Å². The van der Waals surface area contributed by atoms with E-state index in [4.69, 9.17) is 4.74 Å². The van der Waals surface area contributed by atoms with Gasteiger partial charge in [0.25, 0.3) is 0 Å². The van der Waals surface area contributed by atoms with Crippen LogP contribution in [0.2, 0.25) is 0 Å². The molecule has 1 saturated heterocycles. The van der Waals surface area contributed by atoms with E-state index >= 15 is 0 Å². The Morgan fingerprint density at radius 1 is 1.20 bits per heavy atom. The van der Waals surface area contributed by atoms with Gasteiger partial charge in [0.15, 0.2) is 0 Å². The van der Waals surface area contributed by atoms with Crippen molar-refractivity contribution in [2.45, 2.75) is 65.6 Å². The van der Waals surface area contributed by atoms with Crippen molar-refractivity contribution in [3.63, 3.8) is 0 Å². The van der Waals surface area contributed by atoms with E-state index in [1.165, 1.54) is 38.8 Å². The number of morpholine rings is 1. The van der Waals surface area contributed by atoms with E-state index in [1.54, 1.807) is 0 Å². The van der Waals surface area contributed by atoms with Crippen LogP contribution in [0, 0.1) is 11.3 Å². The summed E-state index contributed by atoms with van der Waals surface area (Å²) >= 11 is 0. The third kappa shape index (κ3) is 4.44. The molecule has 2 rings (SSSR count). The Balaban J connectivity index is 1.99. The summed E-state index contributed by atoms with van der Waals surface area (Å²) in [6.45, 7) is 14.8. The molecule has 0 amide bonds. The van der Waals surface area contributed by atoms with Gasteiger partial charge >= 0.3 is 0 Å². The summed E-state index contributed by atoms with van der Waals surface area (Å²) in [4.78, 5) is 2.66. The molecule has 4 unspecified atom stereocenters. The summed E-state index contributed by atoms with van der Waals surface area (Å²) in [5, 5.41) is 3.63. The smallest absolute Gasteiger partial charge is 0.0678 e. The van der Waals surface area contributed by atoms with Crippen molar-refractivity contribution >= 4 is 0 Å². The SMILES string of the molecule is CCNCC1(CN2CC(C)OC(C)C2)CCCC(C)C1. The van der Waals surface area contributed by atoms with Gasteiger partial charge in [-0.3, -0.25) is 4.90 Å². The molecule has 1 heterocycles. The maximum Gasteiger partial charge on any atom is 0.0678 e. The molecule has 0 spiro atoms. The highest BCUT2D eigenvalue weighted by atomic mass is 16.5. The molecule has 1 saturated carbocycles. The lowest BCUT2D eigenvalue weighted by Gasteiger charge is -2.46. The van der Waals surface area contributed by atoms with Crippen LogP contribution in [-0.2, 0) is 4.74 Å². The normalized spacial score (nSPS) is 39.9. The number of hydrogen-bond acceptors (Lipinski definition) is 3. The number of ether oxygens (including phenoxy) is 1. The lowest BCUT2D eigenvalue weighted by Crippen LogP contribution is -2.52. The molecule has 2 fully saturated rings. The van der Waals surface area contributed by atoms with Crippen LogP contribution in [0.3, 0.4) is 0 Å². The van der Waals surface area contributed by atoms with Crippen LogP contribution in [0.5, 0.6) is 0 Å². The lowest BCUT2D eigenvalue weighted by atomic mass is 9.69. The zero-order valence-electron chi connectivity index (χ0n) is 14.0. The third-order valence-electron chi connectivity index (χ3n) is 4.99. The molecule has 0 radical (unpaired) electrons. The number of rotatable bonds is 5. The van der Waals surface area contributed by atoms with Gasteiger partial charge < -0.3 is 10.1 Å². The Kier molecular flexibility index (Phi) is 5.88. The van der Waals surface area contributed by atoms with Crippen molar-refractivity contribution in [1.82, 2.24) is 10.2 Å². The van der Waals surface area contributed by atoms with Gasteiger partial charge in [0, 0.05) is 26.2 Å². The van der Waals surface area contributed by atoms with Crippen LogP contribution >= 0.6 is 0 Å². The Morgan fingerprint density at radius 3 is 2.50 bits per heavy atom. The Hall–Kier alpha value is -0.120. The maximum absolute atomic E-state index is 5.88. The number of nitrogens with zero attached hydrogens (tertiary/aromatic N) is 1. The predicted molar refractivity (Wildman–Crippen MR) is 85.1 cm³/mol. The van der Waals surface area contributed by atoms with E-state index in [1.807, 2.05) is 0 Å². The zero-order valence-corrected chi connectivity index (χ0v) is 14.0. The largest absolute Gasteiger partial charge is 0.373 e. The van der Waals surface area contributed by atoms with E-state index in [2.05, 4.69) is 37.9 Å². The maximum atomic E-state index is 5.88. The first-order chi connectivity index (χ1) is 9.53. The first-order valence-electron chi connectivity index (χ1n) is 8.61. The summed E-state index contributed by atoms with van der Waals surface area (Å²) in [5.74, 6) is 0.887. The minimum atomic E-state index is 0.385. The molecule has 1 aliphatic heterocycles. The third-order valence-corrected chi connectivity index (χ3v) is 4.99. The molecular weight excluding hydrogens is 248 g/mol. The highest BCUT2D eigenvalue weighted by Gasteiger charge is 2.37. The van der Waals surface area contributed by atoms with Gasteiger partial charge in [-0.15, -0.1) is 0 Å². The fourth-order valence-corrected chi connectivity index (χ4v) is 4.41. The average molecular weight is 282 g/mol. The molecule has 0 bridgehead atoms. The van der Waals surface area contributed by atoms with Gasteiger partial charge in [-0.25, -0.2) is 0 Å². The van der Waals surface area contributed by atoms with Crippen LogP contribution in [0.25, 0.3) is 0 Å². The topological polar surface area (TPSA) is 24.5 Å².